The molecule has 2 N–H and O–H groups in total. The highest BCUT2D eigenvalue weighted by molar-refractivity contribution is 6.31. The van der Waals surface area contributed by atoms with Crippen molar-refractivity contribution in [3.63, 3.8) is 0 Å². The lowest BCUT2D eigenvalue weighted by Gasteiger charge is -2.16. The minimum Gasteiger partial charge on any atom is -0.389 e. The summed E-state index contributed by atoms with van der Waals surface area (Å²) in [6.45, 7) is 3.52. The lowest BCUT2D eigenvalue weighted by Crippen LogP contribution is -2.37. The van der Waals surface area contributed by atoms with Gasteiger partial charge in [0, 0.05) is 17.1 Å². The molecule has 0 heterocycles. The Balaban J connectivity index is 1.64. The molecule has 1 saturated carbocycles. The Bertz CT molecular complexity index is 393. The van der Waals surface area contributed by atoms with Crippen molar-refractivity contribution in [2.24, 2.45) is 0 Å². The molecule has 0 spiro atoms. The van der Waals surface area contributed by atoms with E-state index in [-0.39, 0.29) is 5.54 Å². The van der Waals surface area contributed by atoms with E-state index in [4.69, 9.17) is 16.3 Å². The van der Waals surface area contributed by atoms with E-state index in [1.807, 2.05) is 24.3 Å². The van der Waals surface area contributed by atoms with Crippen LogP contribution >= 0.6 is 11.6 Å². The van der Waals surface area contributed by atoms with E-state index in [1.54, 1.807) is 0 Å². The monoisotopic (exact) mass is 269 g/mol. The molecule has 1 aliphatic carbocycles. The second kappa shape index (κ2) is 6.02. The Morgan fingerprint density at radius 3 is 2.83 bits per heavy atom. The van der Waals surface area contributed by atoms with Crippen molar-refractivity contribution in [3.05, 3.63) is 34.9 Å². The van der Waals surface area contributed by atoms with Gasteiger partial charge in [-0.2, -0.15) is 0 Å². The minimum atomic E-state index is -0.468. The SMILES string of the molecule is CC1(NCC(O)COCc2ccccc2Cl)CC1. The van der Waals surface area contributed by atoms with Gasteiger partial charge in [-0.25, -0.2) is 0 Å². The van der Waals surface area contributed by atoms with Crippen molar-refractivity contribution in [1.82, 2.24) is 5.32 Å². The summed E-state index contributed by atoms with van der Waals surface area (Å²) >= 11 is 6.01. The van der Waals surface area contributed by atoms with Crippen LogP contribution in [0.4, 0.5) is 0 Å². The highest BCUT2D eigenvalue weighted by atomic mass is 35.5. The molecular weight excluding hydrogens is 250 g/mol. The summed E-state index contributed by atoms with van der Waals surface area (Å²) in [5.41, 5.74) is 1.21. The van der Waals surface area contributed by atoms with E-state index in [0.717, 1.165) is 5.56 Å². The van der Waals surface area contributed by atoms with Gasteiger partial charge in [-0.15, -0.1) is 0 Å². The van der Waals surface area contributed by atoms with Crippen molar-refractivity contribution in [2.45, 2.75) is 38.0 Å². The summed E-state index contributed by atoms with van der Waals surface area (Å²) in [5, 5.41) is 13.8. The standard InChI is InChI=1S/C14H20ClNO2/c1-14(6-7-14)16-8-12(17)10-18-9-11-4-2-3-5-13(11)15/h2-5,12,16-17H,6-10H2,1H3. The molecule has 1 fully saturated rings. The van der Waals surface area contributed by atoms with E-state index in [1.165, 1.54) is 12.8 Å². The molecule has 100 valence electrons. The highest BCUT2D eigenvalue weighted by Crippen LogP contribution is 2.33. The number of rotatable bonds is 7. The van der Waals surface area contributed by atoms with E-state index < -0.39 is 6.10 Å². The van der Waals surface area contributed by atoms with Gasteiger partial charge in [-0.05, 0) is 31.4 Å². The largest absolute Gasteiger partial charge is 0.389 e. The first-order valence-electron chi connectivity index (χ1n) is 6.33. The van der Waals surface area contributed by atoms with Crippen LogP contribution in [0.3, 0.4) is 0 Å². The van der Waals surface area contributed by atoms with Gasteiger partial charge in [0.25, 0.3) is 0 Å². The molecule has 1 atom stereocenters. The zero-order chi connectivity index (χ0) is 13.0. The molecule has 0 radical (unpaired) electrons. The topological polar surface area (TPSA) is 41.5 Å². The maximum Gasteiger partial charge on any atom is 0.0898 e. The number of nitrogens with one attached hydrogen (secondary N) is 1. The fourth-order valence-electron chi connectivity index (χ4n) is 1.71. The number of hydrogen-bond acceptors (Lipinski definition) is 3. The molecule has 2 rings (SSSR count). The van der Waals surface area contributed by atoms with Gasteiger partial charge >= 0.3 is 0 Å². The van der Waals surface area contributed by atoms with Crippen LogP contribution in [0.2, 0.25) is 5.02 Å². The van der Waals surface area contributed by atoms with Crippen LogP contribution in [0.15, 0.2) is 24.3 Å². The summed E-state index contributed by atoms with van der Waals surface area (Å²) in [6, 6.07) is 7.59. The molecule has 18 heavy (non-hydrogen) atoms. The minimum absolute atomic E-state index is 0.254. The molecule has 0 amide bonds. The Morgan fingerprint density at radius 2 is 2.17 bits per heavy atom. The lowest BCUT2D eigenvalue weighted by atomic mass is 10.2. The molecule has 4 heteroatoms. The molecular formula is C14H20ClNO2. The third kappa shape index (κ3) is 4.25. The fourth-order valence-corrected chi connectivity index (χ4v) is 1.90. The third-order valence-electron chi connectivity index (χ3n) is 3.29. The van der Waals surface area contributed by atoms with Crippen molar-refractivity contribution < 1.29 is 9.84 Å². The van der Waals surface area contributed by atoms with Gasteiger partial charge in [0.05, 0.1) is 19.3 Å². The number of ether oxygens (including phenoxy) is 1. The summed E-state index contributed by atoms with van der Waals surface area (Å²) in [6.07, 6.45) is 1.92. The lowest BCUT2D eigenvalue weighted by molar-refractivity contribution is 0.0274. The van der Waals surface area contributed by atoms with Crippen LogP contribution in [-0.2, 0) is 11.3 Å². The first-order valence-corrected chi connectivity index (χ1v) is 6.71. The summed E-state index contributed by atoms with van der Waals surface area (Å²) in [4.78, 5) is 0. The Kier molecular flexibility index (Phi) is 4.62. The van der Waals surface area contributed by atoms with E-state index in [0.29, 0.717) is 24.8 Å². The van der Waals surface area contributed by atoms with Gasteiger partial charge < -0.3 is 15.2 Å². The van der Waals surface area contributed by atoms with Crippen LogP contribution < -0.4 is 5.32 Å². The van der Waals surface area contributed by atoms with Crippen LogP contribution in [0.25, 0.3) is 0 Å². The van der Waals surface area contributed by atoms with Crippen LogP contribution in [0.1, 0.15) is 25.3 Å². The Hall–Kier alpha value is -0.610. The molecule has 0 saturated heterocycles. The predicted octanol–water partition coefficient (Wildman–Crippen LogP) is 2.36. The molecule has 1 aromatic carbocycles. The summed E-state index contributed by atoms with van der Waals surface area (Å²) < 4.78 is 5.47. The van der Waals surface area contributed by atoms with Gasteiger partial charge in [0.15, 0.2) is 0 Å². The quantitative estimate of drug-likeness (QED) is 0.799. The van der Waals surface area contributed by atoms with Crippen LogP contribution in [0, 0.1) is 0 Å². The Labute approximate surface area is 113 Å². The third-order valence-corrected chi connectivity index (χ3v) is 3.66. The first kappa shape index (κ1) is 13.8. The molecule has 0 aromatic heterocycles. The average molecular weight is 270 g/mol. The molecule has 1 aromatic rings. The maximum absolute atomic E-state index is 9.77. The smallest absolute Gasteiger partial charge is 0.0898 e. The zero-order valence-electron chi connectivity index (χ0n) is 10.7. The van der Waals surface area contributed by atoms with E-state index in [9.17, 15) is 5.11 Å². The normalized spacial score (nSPS) is 18.6. The average Bonchev–Trinajstić information content (AvgIpc) is 3.08. The number of halogens is 1. The molecule has 3 nitrogen and oxygen atoms in total. The number of β-amino-alcohol motifs (C(OH)–C–C–N with tert-alkyl or cyclic N) is 1. The van der Waals surface area contributed by atoms with Crippen LogP contribution in [0.5, 0.6) is 0 Å². The van der Waals surface area contributed by atoms with Gasteiger partial charge in [-0.1, -0.05) is 29.8 Å². The number of aliphatic hydroxyl groups is 1. The fraction of sp³-hybridized carbons (Fsp3) is 0.571. The second-order valence-electron chi connectivity index (χ2n) is 5.20. The predicted molar refractivity (Wildman–Crippen MR) is 72.8 cm³/mol. The number of benzene rings is 1. The van der Waals surface area contributed by atoms with Crippen molar-refractivity contribution in [1.29, 1.82) is 0 Å². The first-order chi connectivity index (χ1) is 8.59. The molecule has 1 unspecified atom stereocenters. The number of hydrogen-bond donors (Lipinski definition) is 2. The van der Waals surface area contributed by atoms with Crippen LogP contribution in [-0.4, -0.2) is 29.9 Å². The highest BCUT2D eigenvalue weighted by Gasteiger charge is 2.36. The maximum atomic E-state index is 9.77. The van der Waals surface area contributed by atoms with Gasteiger partial charge in [-0.3, -0.25) is 0 Å². The van der Waals surface area contributed by atoms with Gasteiger partial charge in [0.1, 0.15) is 0 Å². The summed E-state index contributed by atoms with van der Waals surface area (Å²) in [5.74, 6) is 0. The molecule has 1 aliphatic rings. The molecule has 0 aliphatic heterocycles. The van der Waals surface area contributed by atoms with E-state index >= 15 is 0 Å². The number of aliphatic hydroxyl groups excluding tert-OH is 1. The zero-order valence-corrected chi connectivity index (χ0v) is 11.4. The second-order valence-corrected chi connectivity index (χ2v) is 5.61. The van der Waals surface area contributed by atoms with Crippen molar-refractivity contribution in [2.75, 3.05) is 13.2 Å². The molecule has 0 bridgehead atoms. The van der Waals surface area contributed by atoms with Crippen molar-refractivity contribution >= 4 is 11.6 Å². The van der Waals surface area contributed by atoms with E-state index in [2.05, 4.69) is 12.2 Å². The summed E-state index contributed by atoms with van der Waals surface area (Å²) in [7, 11) is 0. The van der Waals surface area contributed by atoms with Crippen molar-refractivity contribution in [3.8, 4) is 0 Å². The van der Waals surface area contributed by atoms with Gasteiger partial charge in [0.2, 0.25) is 0 Å². The Morgan fingerprint density at radius 1 is 1.44 bits per heavy atom.